The predicted octanol–water partition coefficient (Wildman–Crippen LogP) is 1.62. The second-order valence-electron chi connectivity index (χ2n) is 1.72. The highest BCUT2D eigenvalue weighted by Crippen LogP contribution is 2.01. The Hall–Kier alpha value is 0.217. The zero-order chi connectivity index (χ0) is 4.99. The monoisotopic (exact) mass is 99.1 g/mol. The van der Waals surface area contributed by atoms with Gasteiger partial charge in [0.15, 0.2) is 0 Å². The Kier molecular flexibility index (Phi) is 3.53. The summed E-state index contributed by atoms with van der Waals surface area (Å²) < 4.78 is 0. The molecule has 0 aromatic heterocycles. The Morgan fingerprint density at radius 3 is 2.17 bits per heavy atom. The summed E-state index contributed by atoms with van der Waals surface area (Å²) in [7, 11) is 3.42. The van der Waals surface area contributed by atoms with E-state index in [1.54, 1.807) is 0 Å². The van der Waals surface area contributed by atoms with Crippen molar-refractivity contribution in [3.63, 3.8) is 0 Å². The van der Waals surface area contributed by atoms with Crippen molar-refractivity contribution < 1.29 is 0 Å². The van der Waals surface area contributed by atoms with E-state index in [4.69, 9.17) is 0 Å². The standard InChI is InChI=1S/C5H11Si/c1-3-5(2)4-6/h5H,3-4H2,1-2H3/t5-/m1/s1. The summed E-state index contributed by atoms with van der Waals surface area (Å²) in [4.78, 5) is 0. The highest BCUT2D eigenvalue weighted by Gasteiger charge is 1.88. The highest BCUT2D eigenvalue weighted by molar-refractivity contribution is 6.08. The van der Waals surface area contributed by atoms with Gasteiger partial charge in [-0.1, -0.05) is 26.3 Å². The molecule has 0 aliphatic heterocycles. The normalized spacial score (nSPS) is 14.5. The summed E-state index contributed by atoms with van der Waals surface area (Å²) in [5, 5.41) is 0. The SMILES string of the molecule is CC[C@@H](C)C[Si]. The van der Waals surface area contributed by atoms with Gasteiger partial charge in [-0.2, -0.15) is 0 Å². The van der Waals surface area contributed by atoms with Crippen molar-refractivity contribution in [1.29, 1.82) is 0 Å². The number of hydrogen-bond acceptors (Lipinski definition) is 0. The van der Waals surface area contributed by atoms with Gasteiger partial charge in [-0.25, -0.2) is 0 Å². The van der Waals surface area contributed by atoms with E-state index in [-0.39, 0.29) is 0 Å². The lowest BCUT2D eigenvalue weighted by molar-refractivity contribution is 0.625. The summed E-state index contributed by atoms with van der Waals surface area (Å²) in [6.07, 6.45) is 1.28. The van der Waals surface area contributed by atoms with Gasteiger partial charge in [-0.05, 0) is 5.92 Å². The maximum atomic E-state index is 3.42. The van der Waals surface area contributed by atoms with Crippen LogP contribution in [0.3, 0.4) is 0 Å². The second kappa shape index (κ2) is 3.41. The van der Waals surface area contributed by atoms with E-state index >= 15 is 0 Å². The molecule has 0 saturated heterocycles. The molecule has 0 unspecified atom stereocenters. The van der Waals surface area contributed by atoms with Gasteiger partial charge >= 0.3 is 0 Å². The van der Waals surface area contributed by atoms with Gasteiger partial charge < -0.3 is 0 Å². The summed E-state index contributed by atoms with van der Waals surface area (Å²) >= 11 is 0. The van der Waals surface area contributed by atoms with Crippen molar-refractivity contribution in [1.82, 2.24) is 0 Å². The van der Waals surface area contributed by atoms with Crippen molar-refractivity contribution in [2.24, 2.45) is 5.92 Å². The van der Waals surface area contributed by atoms with Crippen LogP contribution in [-0.2, 0) is 0 Å². The lowest BCUT2D eigenvalue weighted by Crippen LogP contribution is -1.87. The topological polar surface area (TPSA) is 0 Å². The third-order valence-corrected chi connectivity index (χ3v) is 1.74. The van der Waals surface area contributed by atoms with Crippen LogP contribution < -0.4 is 0 Å². The van der Waals surface area contributed by atoms with Crippen LogP contribution in [0.2, 0.25) is 6.04 Å². The molecule has 3 radical (unpaired) electrons. The van der Waals surface area contributed by atoms with Crippen molar-refractivity contribution in [3.8, 4) is 0 Å². The summed E-state index contributed by atoms with van der Waals surface area (Å²) in [6, 6.07) is 1.14. The number of rotatable bonds is 2. The van der Waals surface area contributed by atoms with Crippen molar-refractivity contribution >= 4 is 10.2 Å². The molecule has 1 atom stereocenters. The first-order valence-corrected chi connectivity index (χ1v) is 3.16. The maximum absolute atomic E-state index is 3.42. The minimum atomic E-state index is 0.849. The molecule has 0 bridgehead atoms. The molecule has 35 valence electrons. The summed E-state index contributed by atoms with van der Waals surface area (Å²) in [5.74, 6) is 0.849. The Morgan fingerprint density at radius 2 is 2.17 bits per heavy atom. The van der Waals surface area contributed by atoms with Gasteiger partial charge in [0.05, 0.1) is 0 Å². The molecule has 0 nitrogen and oxygen atoms in total. The molecule has 0 spiro atoms. The quantitative estimate of drug-likeness (QED) is 0.461. The van der Waals surface area contributed by atoms with Gasteiger partial charge in [-0.3, -0.25) is 0 Å². The third kappa shape index (κ3) is 2.45. The van der Waals surface area contributed by atoms with E-state index in [9.17, 15) is 0 Å². The van der Waals surface area contributed by atoms with E-state index in [0.717, 1.165) is 12.0 Å². The van der Waals surface area contributed by atoms with Crippen LogP contribution in [0.4, 0.5) is 0 Å². The highest BCUT2D eigenvalue weighted by atomic mass is 28.1. The van der Waals surface area contributed by atoms with Crippen LogP contribution in [-0.4, -0.2) is 10.2 Å². The Labute approximate surface area is 43.4 Å². The van der Waals surface area contributed by atoms with Gasteiger partial charge in [0.2, 0.25) is 0 Å². The van der Waals surface area contributed by atoms with Crippen molar-refractivity contribution in [3.05, 3.63) is 0 Å². The lowest BCUT2D eigenvalue weighted by Gasteiger charge is -1.98. The first-order chi connectivity index (χ1) is 2.81. The zero-order valence-corrected chi connectivity index (χ0v) is 5.49. The zero-order valence-electron chi connectivity index (χ0n) is 4.49. The molecule has 0 fully saturated rings. The molecule has 0 saturated carbocycles. The van der Waals surface area contributed by atoms with E-state index < -0.39 is 0 Å². The molecule has 0 amide bonds. The first-order valence-electron chi connectivity index (χ1n) is 2.45. The fourth-order valence-electron chi connectivity index (χ4n) is 0.144. The Bertz CT molecular complexity index is 23.1. The third-order valence-electron chi connectivity index (χ3n) is 1.05. The van der Waals surface area contributed by atoms with E-state index in [0.29, 0.717) is 0 Å². The van der Waals surface area contributed by atoms with Gasteiger partial charge in [0.1, 0.15) is 0 Å². The Balaban J connectivity index is 2.75. The summed E-state index contributed by atoms with van der Waals surface area (Å²) in [5.41, 5.74) is 0. The molecule has 0 aromatic carbocycles. The van der Waals surface area contributed by atoms with Crippen LogP contribution >= 0.6 is 0 Å². The van der Waals surface area contributed by atoms with E-state index in [1.165, 1.54) is 6.42 Å². The van der Waals surface area contributed by atoms with Gasteiger partial charge in [-0.15, -0.1) is 0 Å². The average molecular weight is 99.2 g/mol. The molecule has 1 heteroatoms. The molecular weight excluding hydrogens is 88.1 g/mol. The minimum Gasteiger partial charge on any atom is -0.0651 e. The smallest absolute Gasteiger partial charge is 0.0225 e. The fraction of sp³-hybridized carbons (Fsp3) is 1.00. The summed E-state index contributed by atoms with van der Waals surface area (Å²) in [6.45, 7) is 4.43. The lowest BCUT2D eigenvalue weighted by atomic mass is 10.2. The fourth-order valence-corrected chi connectivity index (χ4v) is 0.433. The van der Waals surface area contributed by atoms with E-state index in [2.05, 4.69) is 24.1 Å². The molecule has 6 heavy (non-hydrogen) atoms. The van der Waals surface area contributed by atoms with Crippen molar-refractivity contribution in [2.75, 3.05) is 0 Å². The molecular formula is C5H11Si. The van der Waals surface area contributed by atoms with Crippen LogP contribution in [0.1, 0.15) is 20.3 Å². The molecule has 0 aliphatic carbocycles. The molecule has 0 aromatic rings. The predicted molar refractivity (Wildman–Crippen MR) is 30.0 cm³/mol. The van der Waals surface area contributed by atoms with Gasteiger partial charge in [0.25, 0.3) is 0 Å². The van der Waals surface area contributed by atoms with Crippen molar-refractivity contribution in [2.45, 2.75) is 26.3 Å². The van der Waals surface area contributed by atoms with Crippen LogP contribution in [0.15, 0.2) is 0 Å². The largest absolute Gasteiger partial charge is 0.0651 e. The van der Waals surface area contributed by atoms with Gasteiger partial charge in [0, 0.05) is 10.2 Å². The van der Waals surface area contributed by atoms with Crippen LogP contribution in [0.5, 0.6) is 0 Å². The van der Waals surface area contributed by atoms with Crippen LogP contribution in [0.25, 0.3) is 0 Å². The molecule has 0 rings (SSSR count). The second-order valence-corrected chi connectivity index (χ2v) is 2.13. The molecule has 0 N–H and O–H groups in total. The molecule has 0 heterocycles. The number of hydrogen-bond donors (Lipinski definition) is 0. The minimum absolute atomic E-state index is 0.849. The Morgan fingerprint density at radius 1 is 1.67 bits per heavy atom. The first kappa shape index (κ1) is 6.22. The molecule has 0 aliphatic rings. The average Bonchev–Trinajstić information content (AvgIpc) is 1.65. The van der Waals surface area contributed by atoms with Crippen LogP contribution in [0, 0.1) is 5.92 Å². The maximum Gasteiger partial charge on any atom is 0.0225 e. The van der Waals surface area contributed by atoms with E-state index in [1.807, 2.05) is 0 Å².